The summed E-state index contributed by atoms with van der Waals surface area (Å²) < 4.78 is 0. The van der Waals surface area contributed by atoms with E-state index in [2.05, 4.69) is 241 Å². The average molecular weight is 726 g/mol. The Hall–Kier alpha value is -7.48. The van der Waals surface area contributed by atoms with Crippen LogP contribution in [0.4, 0.5) is 17.1 Å². The van der Waals surface area contributed by atoms with Crippen LogP contribution in [0.15, 0.2) is 237 Å². The lowest BCUT2D eigenvalue weighted by atomic mass is 9.87. The maximum atomic E-state index is 2.45. The van der Waals surface area contributed by atoms with Crippen molar-refractivity contribution in [3.05, 3.63) is 237 Å². The number of anilines is 3. The molecule has 0 heterocycles. The van der Waals surface area contributed by atoms with Crippen molar-refractivity contribution in [3.63, 3.8) is 0 Å². The molecule has 1 nitrogen and oxygen atoms in total. The van der Waals surface area contributed by atoms with E-state index < -0.39 is 0 Å². The van der Waals surface area contributed by atoms with Crippen molar-refractivity contribution < 1.29 is 0 Å². The minimum Gasteiger partial charge on any atom is -0.310 e. The second-order valence-corrected chi connectivity index (χ2v) is 14.5. The lowest BCUT2D eigenvalue weighted by Crippen LogP contribution is -2.12. The van der Waals surface area contributed by atoms with Crippen LogP contribution in [-0.2, 0) is 0 Å². The Morgan fingerprint density at radius 1 is 0.246 bits per heavy atom. The van der Waals surface area contributed by atoms with E-state index in [1.807, 2.05) is 0 Å². The van der Waals surface area contributed by atoms with Gasteiger partial charge in [-0.05, 0) is 102 Å². The van der Waals surface area contributed by atoms with Gasteiger partial charge in [0.1, 0.15) is 0 Å². The number of hydrogen-bond donors (Lipinski definition) is 0. The third-order valence-corrected chi connectivity index (χ3v) is 11.1. The molecule has 57 heavy (non-hydrogen) atoms. The summed E-state index contributed by atoms with van der Waals surface area (Å²) in [5.41, 5.74) is 15.2. The van der Waals surface area contributed by atoms with E-state index in [1.54, 1.807) is 0 Å². The largest absolute Gasteiger partial charge is 0.310 e. The van der Waals surface area contributed by atoms with Crippen molar-refractivity contribution in [3.8, 4) is 55.6 Å². The molecule has 10 aromatic carbocycles. The second-order valence-electron chi connectivity index (χ2n) is 14.5. The molecule has 0 bridgehead atoms. The van der Waals surface area contributed by atoms with Crippen LogP contribution in [0.1, 0.15) is 0 Å². The number of benzene rings is 10. The molecule has 0 saturated heterocycles. The molecule has 0 aromatic heterocycles. The lowest BCUT2D eigenvalue weighted by molar-refractivity contribution is 1.28. The Bertz CT molecular complexity index is 2970. The van der Waals surface area contributed by atoms with Crippen LogP contribution in [0.2, 0.25) is 0 Å². The molecule has 0 fully saturated rings. The smallest absolute Gasteiger partial charge is 0.0546 e. The molecule has 0 N–H and O–H groups in total. The summed E-state index contributed by atoms with van der Waals surface area (Å²) in [6, 6.07) is 85.8. The standard InChI is InChI=1S/C56H39N/c1-3-15-40(16-4-1)42-31-33-44(34-32-42)47-23-11-24-49(39-47)57(48-37-35-43(36-38-48)41-17-5-2-6-18-41)55-30-14-29-54(52-27-12-21-45-19-7-9-25-50(45)52)56(55)53-28-13-22-46-20-8-10-26-51(46)53/h1-39H. The average Bonchev–Trinajstić information content (AvgIpc) is 3.30. The van der Waals surface area contributed by atoms with Crippen LogP contribution in [-0.4, -0.2) is 0 Å². The first kappa shape index (κ1) is 34.0. The molecule has 10 rings (SSSR count). The van der Waals surface area contributed by atoms with Gasteiger partial charge in [-0.15, -0.1) is 0 Å². The van der Waals surface area contributed by atoms with E-state index in [4.69, 9.17) is 0 Å². The Labute approximate surface area is 334 Å². The minimum absolute atomic E-state index is 1.09. The fourth-order valence-corrected chi connectivity index (χ4v) is 8.31. The summed E-state index contributed by atoms with van der Waals surface area (Å²) in [6.07, 6.45) is 0. The second kappa shape index (κ2) is 15.0. The van der Waals surface area contributed by atoms with Crippen molar-refractivity contribution in [1.82, 2.24) is 0 Å². The predicted octanol–water partition coefficient (Wildman–Crippen LogP) is 15.8. The summed E-state index contributed by atoms with van der Waals surface area (Å²) >= 11 is 0. The molecule has 0 atom stereocenters. The maximum Gasteiger partial charge on any atom is 0.0546 e. The molecule has 0 aliphatic rings. The molecule has 1 heteroatoms. The maximum absolute atomic E-state index is 2.45. The van der Waals surface area contributed by atoms with Crippen molar-refractivity contribution in [1.29, 1.82) is 0 Å². The van der Waals surface area contributed by atoms with Gasteiger partial charge >= 0.3 is 0 Å². The van der Waals surface area contributed by atoms with Gasteiger partial charge in [0, 0.05) is 16.9 Å². The molecule has 0 unspecified atom stereocenters. The van der Waals surface area contributed by atoms with E-state index >= 15 is 0 Å². The zero-order chi connectivity index (χ0) is 38.0. The quantitative estimate of drug-likeness (QED) is 0.151. The number of hydrogen-bond acceptors (Lipinski definition) is 1. The molecule has 10 aromatic rings. The summed E-state index contributed by atoms with van der Waals surface area (Å²) in [4.78, 5) is 2.45. The summed E-state index contributed by atoms with van der Waals surface area (Å²) in [6.45, 7) is 0. The van der Waals surface area contributed by atoms with Crippen molar-refractivity contribution in [2.24, 2.45) is 0 Å². The van der Waals surface area contributed by atoms with E-state index in [9.17, 15) is 0 Å². The summed E-state index contributed by atoms with van der Waals surface area (Å²) in [5, 5.41) is 4.90. The monoisotopic (exact) mass is 725 g/mol. The van der Waals surface area contributed by atoms with Gasteiger partial charge in [0.15, 0.2) is 0 Å². The Kier molecular flexibility index (Phi) is 8.95. The highest BCUT2D eigenvalue weighted by atomic mass is 15.1. The zero-order valence-corrected chi connectivity index (χ0v) is 31.5. The Morgan fingerprint density at radius 3 is 1.30 bits per heavy atom. The Balaban J connectivity index is 1.21. The molecular weight excluding hydrogens is 687 g/mol. The minimum atomic E-state index is 1.09. The van der Waals surface area contributed by atoms with E-state index in [1.165, 1.54) is 71.6 Å². The van der Waals surface area contributed by atoms with Gasteiger partial charge in [0.25, 0.3) is 0 Å². The van der Waals surface area contributed by atoms with Gasteiger partial charge < -0.3 is 4.90 Å². The van der Waals surface area contributed by atoms with Crippen LogP contribution in [0.5, 0.6) is 0 Å². The van der Waals surface area contributed by atoms with Crippen molar-refractivity contribution in [2.75, 3.05) is 4.90 Å². The van der Waals surface area contributed by atoms with Gasteiger partial charge in [0.2, 0.25) is 0 Å². The SMILES string of the molecule is c1ccc(-c2ccc(-c3cccc(N(c4ccc(-c5ccccc5)cc4)c4cccc(-c5cccc6ccccc56)c4-c4cccc5ccccc45)c3)cc2)cc1. The van der Waals surface area contributed by atoms with Gasteiger partial charge in [0.05, 0.1) is 5.69 Å². The number of rotatable bonds is 8. The third-order valence-electron chi connectivity index (χ3n) is 11.1. The first-order valence-corrected chi connectivity index (χ1v) is 19.6. The predicted molar refractivity (Wildman–Crippen MR) is 243 cm³/mol. The Morgan fingerprint density at radius 2 is 0.667 bits per heavy atom. The van der Waals surface area contributed by atoms with E-state index in [0.717, 1.165) is 22.6 Å². The molecule has 0 radical (unpaired) electrons. The fraction of sp³-hybridized carbons (Fsp3) is 0. The normalized spacial score (nSPS) is 11.2. The van der Waals surface area contributed by atoms with Crippen LogP contribution < -0.4 is 4.90 Å². The summed E-state index contributed by atoms with van der Waals surface area (Å²) in [5.74, 6) is 0. The van der Waals surface area contributed by atoms with Gasteiger partial charge in [-0.2, -0.15) is 0 Å². The molecule has 0 amide bonds. The topological polar surface area (TPSA) is 3.24 Å². The highest BCUT2D eigenvalue weighted by Crippen LogP contribution is 2.48. The highest BCUT2D eigenvalue weighted by Gasteiger charge is 2.23. The third kappa shape index (κ3) is 6.56. The van der Waals surface area contributed by atoms with Gasteiger partial charge in [-0.1, -0.05) is 206 Å². The number of fused-ring (bicyclic) bond motifs is 2. The fourth-order valence-electron chi connectivity index (χ4n) is 8.31. The van der Waals surface area contributed by atoms with E-state index in [-0.39, 0.29) is 0 Å². The van der Waals surface area contributed by atoms with Crippen molar-refractivity contribution >= 4 is 38.6 Å². The first-order chi connectivity index (χ1) is 28.3. The van der Waals surface area contributed by atoms with Gasteiger partial charge in [-0.3, -0.25) is 0 Å². The van der Waals surface area contributed by atoms with Crippen molar-refractivity contribution in [2.45, 2.75) is 0 Å². The van der Waals surface area contributed by atoms with Crippen LogP contribution >= 0.6 is 0 Å². The van der Waals surface area contributed by atoms with Gasteiger partial charge in [-0.25, -0.2) is 0 Å². The molecule has 0 saturated carbocycles. The first-order valence-electron chi connectivity index (χ1n) is 19.6. The molecule has 268 valence electrons. The zero-order valence-electron chi connectivity index (χ0n) is 31.5. The molecule has 0 spiro atoms. The van der Waals surface area contributed by atoms with Crippen LogP contribution in [0, 0.1) is 0 Å². The molecule has 0 aliphatic carbocycles. The van der Waals surface area contributed by atoms with Crippen LogP contribution in [0.3, 0.4) is 0 Å². The van der Waals surface area contributed by atoms with E-state index in [0.29, 0.717) is 0 Å². The highest BCUT2D eigenvalue weighted by molar-refractivity contribution is 6.09. The summed E-state index contributed by atoms with van der Waals surface area (Å²) in [7, 11) is 0. The van der Waals surface area contributed by atoms with Crippen LogP contribution in [0.25, 0.3) is 77.2 Å². The molecule has 0 aliphatic heterocycles. The lowest BCUT2D eigenvalue weighted by Gasteiger charge is -2.30. The number of nitrogens with zero attached hydrogens (tertiary/aromatic N) is 1. The molecular formula is C56H39N.